The number of aryl methyl sites for hydroxylation is 1. The first-order valence-electron chi connectivity index (χ1n) is 6.47. The summed E-state index contributed by atoms with van der Waals surface area (Å²) in [4.78, 5) is 15.9. The molecule has 0 aliphatic carbocycles. The van der Waals surface area contributed by atoms with Crippen LogP contribution >= 0.6 is 23.1 Å². The molecule has 0 aliphatic rings. The number of hydrogen-bond acceptors (Lipinski definition) is 5. The van der Waals surface area contributed by atoms with Crippen LogP contribution in [0.3, 0.4) is 0 Å². The number of rotatable bonds is 6. The van der Waals surface area contributed by atoms with E-state index in [1.54, 1.807) is 6.92 Å². The molecule has 0 saturated carbocycles. The smallest absolute Gasteiger partial charge is 0.308 e. The zero-order chi connectivity index (χ0) is 15.5. The third-order valence-electron chi connectivity index (χ3n) is 3.06. The maximum absolute atomic E-state index is 10.8. The van der Waals surface area contributed by atoms with Gasteiger partial charge in [-0.3, -0.25) is 4.79 Å². The van der Waals surface area contributed by atoms with Crippen molar-refractivity contribution in [2.45, 2.75) is 30.2 Å². The summed E-state index contributed by atoms with van der Waals surface area (Å²) in [7, 11) is 0. The second-order valence-electron chi connectivity index (χ2n) is 4.99. The summed E-state index contributed by atoms with van der Waals surface area (Å²) in [6.45, 7) is 3.59. The quantitative estimate of drug-likeness (QED) is 0.800. The van der Waals surface area contributed by atoms with Crippen molar-refractivity contribution in [3.8, 4) is 0 Å². The van der Waals surface area contributed by atoms with Gasteiger partial charge in [-0.25, -0.2) is 4.98 Å². The molecule has 0 fully saturated rings. The minimum absolute atomic E-state index is 0.000855. The Balaban J connectivity index is 2.04. The van der Waals surface area contributed by atoms with Crippen molar-refractivity contribution in [2.75, 3.05) is 5.75 Å². The number of hydrogen-bond donors (Lipinski definition) is 2. The molecule has 0 saturated heterocycles. The fourth-order valence-electron chi connectivity index (χ4n) is 1.85. The lowest BCUT2D eigenvalue weighted by molar-refractivity contribution is -0.136. The highest BCUT2D eigenvalue weighted by atomic mass is 32.2. The summed E-state index contributed by atoms with van der Waals surface area (Å²) in [5, 5.41) is 19.4. The van der Waals surface area contributed by atoms with Crippen LogP contribution in [0.2, 0.25) is 0 Å². The highest BCUT2D eigenvalue weighted by molar-refractivity contribution is 8.01. The Morgan fingerprint density at radius 3 is 2.67 bits per heavy atom. The van der Waals surface area contributed by atoms with Gasteiger partial charge in [0.15, 0.2) is 4.34 Å². The number of carboxylic acid groups (broad SMARTS) is 1. The predicted octanol–water partition coefficient (Wildman–Crippen LogP) is 3.08. The Bertz CT molecular complexity index is 623. The van der Waals surface area contributed by atoms with Gasteiger partial charge in [-0.05, 0) is 19.4 Å². The van der Waals surface area contributed by atoms with Crippen LogP contribution in [0.1, 0.15) is 23.1 Å². The van der Waals surface area contributed by atoms with Gasteiger partial charge in [-0.1, -0.05) is 42.1 Å². The van der Waals surface area contributed by atoms with E-state index in [0.717, 1.165) is 20.5 Å². The van der Waals surface area contributed by atoms with Gasteiger partial charge in [-0.15, -0.1) is 11.3 Å². The Hall–Kier alpha value is -1.37. The normalized spacial score (nSPS) is 13.9. The molecule has 0 amide bonds. The molecule has 21 heavy (non-hydrogen) atoms. The maximum atomic E-state index is 10.8. The van der Waals surface area contributed by atoms with Crippen LogP contribution < -0.4 is 0 Å². The average Bonchev–Trinajstić information content (AvgIpc) is 2.78. The highest BCUT2D eigenvalue weighted by Crippen LogP contribution is 2.33. The summed E-state index contributed by atoms with van der Waals surface area (Å²) >= 11 is 2.83. The van der Waals surface area contributed by atoms with Crippen LogP contribution in [0.5, 0.6) is 0 Å². The van der Waals surface area contributed by atoms with Crippen LogP contribution in [0.4, 0.5) is 0 Å². The van der Waals surface area contributed by atoms with E-state index in [1.165, 1.54) is 23.1 Å². The van der Waals surface area contributed by atoms with Crippen LogP contribution in [-0.4, -0.2) is 26.9 Å². The molecule has 4 nitrogen and oxygen atoms in total. The molecule has 1 heterocycles. The molecule has 0 spiro atoms. The van der Waals surface area contributed by atoms with Gasteiger partial charge < -0.3 is 10.2 Å². The van der Waals surface area contributed by atoms with Crippen LogP contribution in [0, 0.1) is 6.92 Å². The number of carboxylic acids is 1. The van der Waals surface area contributed by atoms with Crippen LogP contribution in [0.15, 0.2) is 34.7 Å². The van der Waals surface area contributed by atoms with Crippen molar-refractivity contribution >= 4 is 29.1 Å². The molecule has 6 heteroatoms. The van der Waals surface area contributed by atoms with Crippen LogP contribution in [0.25, 0.3) is 0 Å². The molecule has 1 aromatic carbocycles. The fraction of sp³-hybridized carbons (Fsp3) is 0.333. The minimum atomic E-state index is -0.946. The third kappa shape index (κ3) is 4.30. The van der Waals surface area contributed by atoms with E-state index in [2.05, 4.69) is 4.98 Å². The summed E-state index contributed by atoms with van der Waals surface area (Å²) in [6.07, 6.45) is -0.000855. The lowest BCUT2D eigenvalue weighted by atomic mass is 9.99. The predicted molar refractivity (Wildman–Crippen MR) is 84.9 cm³/mol. The van der Waals surface area contributed by atoms with Crippen molar-refractivity contribution in [1.82, 2.24) is 4.98 Å². The monoisotopic (exact) mass is 323 g/mol. The number of aliphatic hydroxyl groups is 1. The zero-order valence-corrected chi connectivity index (χ0v) is 13.5. The van der Waals surface area contributed by atoms with Gasteiger partial charge in [0, 0.05) is 10.6 Å². The van der Waals surface area contributed by atoms with Gasteiger partial charge in [0.05, 0.1) is 17.7 Å². The van der Waals surface area contributed by atoms with E-state index in [1.807, 2.05) is 37.3 Å². The number of thioether (sulfide) groups is 1. The molecular formula is C15H17NO3S2. The van der Waals surface area contributed by atoms with Gasteiger partial charge in [0.1, 0.15) is 0 Å². The Labute approximate surface area is 131 Å². The molecule has 0 radical (unpaired) electrons. The van der Waals surface area contributed by atoms with E-state index in [4.69, 9.17) is 5.11 Å². The number of thiazole rings is 1. The lowest BCUT2D eigenvalue weighted by Gasteiger charge is -2.22. The number of benzene rings is 1. The second kappa shape index (κ2) is 6.60. The molecule has 0 aliphatic heterocycles. The van der Waals surface area contributed by atoms with Crippen LogP contribution in [-0.2, 0) is 16.8 Å². The molecule has 2 N–H and O–H groups in total. The largest absolute Gasteiger partial charge is 0.481 e. The molecular weight excluding hydrogens is 306 g/mol. The molecule has 1 unspecified atom stereocenters. The van der Waals surface area contributed by atoms with Gasteiger partial charge in [0.25, 0.3) is 0 Å². The van der Waals surface area contributed by atoms with Gasteiger partial charge in [-0.2, -0.15) is 0 Å². The van der Waals surface area contributed by atoms with E-state index >= 15 is 0 Å². The van der Waals surface area contributed by atoms with Crippen molar-refractivity contribution in [3.05, 3.63) is 46.5 Å². The number of aliphatic carboxylic acids is 1. The molecule has 112 valence electrons. The topological polar surface area (TPSA) is 70.4 Å². The minimum Gasteiger partial charge on any atom is -0.481 e. The third-order valence-corrected chi connectivity index (χ3v) is 5.66. The lowest BCUT2D eigenvalue weighted by Crippen LogP contribution is -2.24. The first-order valence-corrected chi connectivity index (χ1v) is 8.27. The van der Waals surface area contributed by atoms with E-state index in [-0.39, 0.29) is 6.42 Å². The summed E-state index contributed by atoms with van der Waals surface area (Å²) in [5.41, 5.74) is 0.666. The first kappa shape index (κ1) is 16.0. The SMILES string of the molecule is Cc1nc(SCC(C)(O)c2ccccc2)sc1CC(=O)O. The summed E-state index contributed by atoms with van der Waals surface area (Å²) in [5.74, 6) is -0.384. The summed E-state index contributed by atoms with van der Waals surface area (Å²) in [6, 6.07) is 9.49. The number of carbonyl (C=O) groups is 1. The molecule has 2 rings (SSSR count). The first-order chi connectivity index (χ1) is 9.88. The highest BCUT2D eigenvalue weighted by Gasteiger charge is 2.24. The Kier molecular flexibility index (Phi) is 5.03. The van der Waals surface area contributed by atoms with Gasteiger partial charge in [0.2, 0.25) is 0 Å². The van der Waals surface area contributed by atoms with E-state index < -0.39 is 11.6 Å². The van der Waals surface area contributed by atoms with Crippen molar-refractivity contribution in [1.29, 1.82) is 0 Å². The number of aromatic nitrogens is 1. The maximum Gasteiger partial charge on any atom is 0.308 e. The fourth-order valence-corrected chi connectivity index (χ4v) is 4.12. The second-order valence-corrected chi connectivity index (χ2v) is 7.29. The van der Waals surface area contributed by atoms with Crippen molar-refractivity contribution < 1.29 is 15.0 Å². The number of nitrogens with zero attached hydrogens (tertiary/aromatic N) is 1. The standard InChI is InChI=1S/C15H17NO3S2/c1-10-12(8-13(17)18)21-14(16-10)20-9-15(2,19)11-6-4-3-5-7-11/h3-7,19H,8-9H2,1-2H3,(H,17,18). The van der Waals surface area contributed by atoms with Gasteiger partial charge >= 0.3 is 5.97 Å². The molecule has 2 aromatic rings. The Morgan fingerprint density at radius 2 is 2.05 bits per heavy atom. The molecule has 1 aromatic heterocycles. The van der Waals surface area contributed by atoms with Crippen molar-refractivity contribution in [2.24, 2.45) is 0 Å². The van der Waals surface area contributed by atoms with Crippen molar-refractivity contribution in [3.63, 3.8) is 0 Å². The molecule has 1 atom stereocenters. The molecule has 0 bridgehead atoms. The summed E-state index contributed by atoms with van der Waals surface area (Å²) < 4.78 is 0.792. The Morgan fingerprint density at radius 1 is 1.38 bits per heavy atom. The van der Waals surface area contributed by atoms with E-state index in [9.17, 15) is 9.90 Å². The average molecular weight is 323 g/mol. The zero-order valence-electron chi connectivity index (χ0n) is 11.9. The van der Waals surface area contributed by atoms with E-state index in [0.29, 0.717) is 5.75 Å².